The van der Waals surface area contributed by atoms with E-state index in [2.05, 4.69) is 15.9 Å². The van der Waals surface area contributed by atoms with Crippen molar-refractivity contribution < 1.29 is 23.0 Å². The predicted molar refractivity (Wildman–Crippen MR) is 60.8 cm³/mol. The molecular weight excluding hydrogens is 301 g/mol. The van der Waals surface area contributed by atoms with E-state index in [4.69, 9.17) is 9.84 Å². The summed E-state index contributed by atoms with van der Waals surface area (Å²) in [6.07, 6.45) is -5.11. The van der Waals surface area contributed by atoms with E-state index >= 15 is 0 Å². The molecule has 0 aliphatic heterocycles. The lowest BCUT2D eigenvalue weighted by Crippen LogP contribution is -2.10. The fourth-order valence-electron chi connectivity index (χ4n) is 1.27. The molecule has 0 heterocycles. The third kappa shape index (κ3) is 5.41. The Morgan fingerprint density at radius 1 is 1.29 bits per heavy atom. The van der Waals surface area contributed by atoms with Gasteiger partial charge in [-0.25, -0.2) is 0 Å². The van der Waals surface area contributed by atoms with Crippen molar-refractivity contribution in [3.8, 4) is 5.75 Å². The van der Waals surface area contributed by atoms with E-state index in [-0.39, 0.29) is 19.6 Å². The number of hydrogen-bond donors (Lipinski definition) is 1. The van der Waals surface area contributed by atoms with Crippen LogP contribution < -0.4 is 4.74 Å². The zero-order chi connectivity index (χ0) is 12.9. The fourth-order valence-corrected chi connectivity index (χ4v) is 1.68. The lowest BCUT2D eigenvalue weighted by atomic mass is 10.2. The summed E-state index contributed by atoms with van der Waals surface area (Å²) in [5.74, 6) is 0.415. The first kappa shape index (κ1) is 14.3. The van der Waals surface area contributed by atoms with Crippen LogP contribution in [-0.2, 0) is 6.61 Å². The summed E-state index contributed by atoms with van der Waals surface area (Å²) >= 11 is 3.23. The highest BCUT2D eigenvalue weighted by molar-refractivity contribution is 9.10. The van der Waals surface area contributed by atoms with Crippen LogP contribution in [0, 0.1) is 0 Å². The van der Waals surface area contributed by atoms with Gasteiger partial charge in [-0.05, 0) is 24.6 Å². The largest absolute Gasteiger partial charge is 0.493 e. The van der Waals surface area contributed by atoms with Crippen LogP contribution in [0.3, 0.4) is 0 Å². The van der Waals surface area contributed by atoms with Crippen LogP contribution in [0.4, 0.5) is 13.2 Å². The van der Waals surface area contributed by atoms with Gasteiger partial charge in [0.05, 0.1) is 13.2 Å². The van der Waals surface area contributed by atoms with Crippen LogP contribution in [0.1, 0.15) is 18.4 Å². The summed E-state index contributed by atoms with van der Waals surface area (Å²) in [6.45, 7) is -0.234. The first-order valence-electron chi connectivity index (χ1n) is 5.01. The third-order valence-electron chi connectivity index (χ3n) is 2.06. The maximum absolute atomic E-state index is 11.9. The molecule has 0 saturated heterocycles. The number of aliphatic hydroxyl groups excluding tert-OH is 1. The molecule has 0 aliphatic rings. The smallest absolute Gasteiger partial charge is 0.389 e. The van der Waals surface area contributed by atoms with E-state index in [0.717, 1.165) is 4.47 Å². The summed E-state index contributed by atoms with van der Waals surface area (Å²) in [6, 6.07) is 4.99. The van der Waals surface area contributed by atoms with E-state index < -0.39 is 12.6 Å². The molecule has 0 spiro atoms. The second-order valence-electron chi connectivity index (χ2n) is 3.48. The van der Waals surface area contributed by atoms with Gasteiger partial charge in [-0.3, -0.25) is 0 Å². The van der Waals surface area contributed by atoms with Crippen LogP contribution in [0.15, 0.2) is 22.7 Å². The molecule has 0 radical (unpaired) electrons. The van der Waals surface area contributed by atoms with Gasteiger partial charge in [0.1, 0.15) is 5.75 Å². The predicted octanol–water partition coefficient (Wildman–Crippen LogP) is 3.66. The van der Waals surface area contributed by atoms with Gasteiger partial charge in [0, 0.05) is 16.5 Å². The van der Waals surface area contributed by atoms with Crippen molar-refractivity contribution in [2.45, 2.75) is 25.6 Å². The Balaban J connectivity index is 2.46. The first-order valence-corrected chi connectivity index (χ1v) is 5.80. The van der Waals surface area contributed by atoms with Gasteiger partial charge in [-0.1, -0.05) is 15.9 Å². The summed E-state index contributed by atoms with van der Waals surface area (Å²) in [7, 11) is 0. The average molecular weight is 313 g/mol. The number of hydrogen-bond acceptors (Lipinski definition) is 2. The van der Waals surface area contributed by atoms with Crippen molar-refractivity contribution in [2.24, 2.45) is 0 Å². The first-order chi connectivity index (χ1) is 7.92. The minimum atomic E-state index is -4.15. The molecule has 0 atom stereocenters. The standard InChI is InChI=1S/C11H12BrF3O2/c12-9-2-3-10(8(6-9)7-16)17-5-1-4-11(13,14)15/h2-3,6,16H,1,4-5,7H2. The van der Waals surface area contributed by atoms with Gasteiger partial charge >= 0.3 is 6.18 Å². The highest BCUT2D eigenvalue weighted by atomic mass is 79.9. The molecule has 0 saturated carbocycles. The quantitative estimate of drug-likeness (QED) is 0.841. The Morgan fingerprint density at radius 3 is 2.59 bits per heavy atom. The second-order valence-corrected chi connectivity index (χ2v) is 4.39. The number of benzene rings is 1. The lowest BCUT2D eigenvalue weighted by molar-refractivity contribution is -0.136. The van der Waals surface area contributed by atoms with Gasteiger partial charge in [0.2, 0.25) is 0 Å². The van der Waals surface area contributed by atoms with Crippen molar-refractivity contribution in [3.05, 3.63) is 28.2 Å². The lowest BCUT2D eigenvalue weighted by Gasteiger charge is -2.11. The van der Waals surface area contributed by atoms with E-state index in [9.17, 15) is 13.2 Å². The van der Waals surface area contributed by atoms with Crippen molar-refractivity contribution in [1.82, 2.24) is 0 Å². The number of rotatable bonds is 5. The molecule has 6 heteroatoms. The Hall–Kier alpha value is -0.750. The van der Waals surface area contributed by atoms with E-state index in [1.165, 1.54) is 0 Å². The normalized spacial score (nSPS) is 11.6. The molecule has 1 aromatic carbocycles. The Bertz CT molecular complexity index is 366. The van der Waals surface area contributed by atoms with Crippen molar-refractivity contribution in [2.75, 3.05) is 6.61 Å². The Labute approximate surface area is 106 Å². The summed E-state index contributed by atoms with van der Waals surface area (Å²) in [5.41, 5.74) is 0.548. The van der Waals surface area contributed by atoms with E-state index in [1.807, 2.05) is 0 Å². The molecule has 96 valence electrons. The molecule has 1 rings (SSSR count). The summed E-state index contributed by atoms with van der Waals surface area (Å²) in [5, 5.41) is 9.05. The summed E-state index contributed by atoms with van der Waals surface area (Å²) in [4.78, 5) is 0. The Morgan fingerprint density at radius 2 is 2.00 bits per heavy atom. The highest BCUT2D eigenvalue weighted by Crippen LogP contribution is 2.25. The van der Waals surface area contributed by atoms with Crippen molar-refractivity contribution in [3.63, 3.8) is 0 Å². The van der Waals surface area contributed by atoms with Crippen molar-refractivity contribution >= 4 is 15.9 Å². The van der Waals surface area contributed by atoms with Gasteiger partial charge in [0.15, 0.2) is 0 Å². The average Bonchev–Trinajstić information content (AvgIpc) is 2.24. The zero-order valence-corrected chi connectivity index (χ0v) is 10.5. The molecule has 0 amide bonds. The number of aliphatic hydroxyl groups is 1. The number of ether oxygens (including phenoxy) is 1. The SMILES string of the molecule is OCc1cc(Br)ccc1OCCCC(F)(F)F. The number of halogens is 4. The molecule has 2 nitrogen and oxygen atoms in total. The molecule has 1 N–H and O–H groups in total. The third-order valence-corrected chi connectivity index (χ3v) is 2.55. The second kappa shape index (κ2) is 6.26. The van der Waals surface area contributed by atoms with Crippen LogP contribution >= 0.6 is 15.9 Å². The van der Waals surface area contributed by atoms with Crippen LogP contribution in [0.2, 0.25) is 0 Å². The minimum absolute atomic E-state index is 0.0197. The van der Waals surface area contributed by atoms with Crippen LogP contribution in [-0.4, -0.2) is 17.9 Å². The fraction of sp³-hybridized carbons (Fsp3) is 0.455. The van der Waals surface area contributed by atoms with Gasteiger partial charge < -0.3 is 9.84 Å². The Kier molecular flexibility index (Phi) is 5.27. The summed E-state index contributed by atoms with van der Waals surface area (Å²) < 4.78 is 41.6. The van der Waals surface area contributed by atoms with Crippen molar-refractivity contribution in [1.29, 1.82) is 0 Å². The molecule has 0 unspecified atom stereocenters. The minimum Gasteiger partial charge on any atom is -0.493 e. The molecule has 17 heavy (non-hydrogen) atoms. The molecule has 0 aliphatic carbocycles. The maximum Gasteiger partial charge on any atom is 0.389 e. The molecule has 0 bridgehead atoms. The molecule has 0 fully saturated rings. The van der Waals surface area contributed by atoms with Crippen LogP contribution in [0.5, 0.6) is 5.75 Å². The van der Waals surface area contributed by atoms with E-state index in [1.54, 1.807) is 18.2 Å². The topological polar surface area (TPSA) is 29.5 Å². The maximum atomic E-state index is 11.9. The van der Waals surface area contributed by atoms with Gasteiger partial charge in [-0.15, -0.1) is 0 Å². The zero-order valence-electron chi connectivity index (χ0n) is 8.93. The van der Waals surface area contributed by atoms with Crippen LogP contribution in [0.25, 0.3) is 0 Å². The monoisotopic (exact) mass is 312 g/mol. The highest BCUT2D eigenvalue weighted by Gasteiger charge is 2.26. The number of alkyl halides is 3. The van der Waals surface area contributed by atoms with Gasteiger partial charge in [0.25, 0.3) is 0 Å². The molecule has 0 aromatic heterocycles. The van der Waals surface area contributed by atoms with Gasteiger partial charge in [-0.2, -0.15) is 13.2 Å². The molecule has 1 aromatic rings. The molecular formula is C11H12BrF3O2. The van der Waals surface area contributed by atoms with E-state index in [0.29, 0.717) is 11.3 Å².